The van der Waals surface area contributed by atoms with Gasteiger partial charge in [0.2, 0.25) is 5.28 Å². The zero-order valence-corrected chi connectivity index (χ0v) is 20.2. The molecular weight excluding hydrogens is 494 g/mol. The van der Waals surface area contributed by atoms with Crippen LogP contribution in [0.4, 0.5) is 15.4 Å². The lowest BCUT2D eigenvalue weighted by Crippen LogP contribution is -2.20. The van der Waals surface area contributed by atoms with Crippen molar-refractivity contribution in [2.24, 2.45) is 0 Å². The first-order valence-corrected chi connectivity index (χ1v) is 11.1. The predicted molar refractivity (Wildman–Crippen MR) is 130 cm³/mol. The van der Waals surface area contributed by atoms with Crippen LogP contribution in [0.1, 0.15) is 31.6 Å². The number of nitrogen functional groups attached to an aromatic ring is 1. The standard InChI is InChI=1S/C18H18ClN5O4.C3H6O3.C2H2/c19-17-22-15(20)13-5-7-24(16(13)23-17)14-4-3-12(28-14)10-27-18(25)26-9-11-2-1-6-21-8-11;1-2-6-3(4)5;1-2/h1-2,5-8,12,14H,3-4,9-10H2,(H2,20,22,23);2H2,1H3,(H,4,5);1-2H/t12-,14+;;/m0../s1. The van der Waals surface area contributed by atoms with E-state index >= 15 is 0 Å². The number of hydrogen-bond donors (Lipinski definition) is 2. The van der Waals surface area contributed by atoms with E-state index in [4.69, 9.17) is 36.7 Å². The second-order valence-corrected chi connectivity index (χ2v) is 7.38. The number of fused-ring (bicyclic) bond motifs is 1. The van der Waals surface area contributed by atoms with E-state index in [9.17, 15) is 9.59 Å². The van der Waals surface area contributed by atoms with E-state index in [0.717, 1.165) is 18.4 Å². The van der Waals surface area contributed by atoms with Crippen molar-refractivity contribution in [3.8, 4) is 12.8 Å². The van der Waals surface area contributed by atoms with Gasteiger partial charge in [-0.05, 0) is 43.5 Å². The van der Waals surface area contributed by atoms with Gasteiger partial charge < -0.3 is 34.4 Å². The van der Waals surface area contributed by atoms with Gasteiger partial charge in [-0.3, -0.25) is 4.98 Å². The number of carboxylic acid groups (broad SMARTS) is 1. The maximum absolute atomic E-state index is 11.8. The Labute approximate surface area is 212 Å². The van der Waals surface area contributed by atoms with Crippen molar-refractivity contribution in [3.63, 3.8) is 0 Å². The van der Waals surface area contributed by atoms with Crippen LogP contribution in [0.2, 0.25) is 5.28 Å². The fourth-order valence-corrected chi connectivity index (χ4v) is 3.40. The van der Waals surface area contributed by atoms with Crippen LogP contribution in [0.25, 0.3) is 11.0 Å². The molecule has 3 aromatic rings. The number of ether oxygens (including phenoxy) is 4. The molecule has 1 fully saturated rings. The van der Waals surface area contributed by atoms with Crippen LogP contribution in [0.5, 0.6) is 0 Å². The SMILES string of the molecule is C#C.CCOC(=O)O.Nc1nc(Cl)nc2c1ccn2[C@H]1CC[C@@H](COC(=O)OCc2cccnc2)O1. The largest absolute Gasteiger partial charge is 0.508 e. The molecule has 0 amide bonds. The molecule has 1 aliphatic rings. The van der Waals surface area contributed by atoms with E-state index in [2.05, 4.69) is 32.5 Å². The summed E-state index contributed by atoms with van der Waals surface area (Å²) >= 11 is 5.92. The summed E-state index contributed by atoms with van der Waals surface area (Å²) in [5, 5.41) is 8.49. The fourth-order valence-electron chi connectivity index (χ4n) is 3.23. The van der Waals surface area contributed by atoms with Crippen molar-refractivity contribution < 1.29 is 33.6 Å². The number of anilines is 1. The Morgan fingerprint density at radius 1 is 1.25 bits per heavy atom. The molecule has 0 aliphatic carbocycles. The Bertz CT molecular complexity index is 1160. The average molecular weight is 520 g/mol. The molecule has 0 saturated carbocycles. The molecule has 192 valence electrons. The van der Waals surface area contributed by atoms with Crippen molar-refractivity contribution in [1.29, 1.82) is 0 Å². The molecule has 0 unspecified atom stereocenters. The fraction of sp³-hybridized carbons (Fsp3) is 0.348. The maximum atomic E-state index is 11.8. The van der Waals surface area contributed by atoms with Gasteiger partial charge in [-0.25, -0.2) is 14.6 Å². The predicted octanol–water partition coefficient (Wildman–Crippen LogP) is 4.04. The molecule has 1 saturated heterocycles. The monoisotopic (exact) mass is 519 g/mol. The molecular formula is C23H26ClN5O7. The number of aromatic nitrogens is 4. The third-order valence-corrected chi connectivity index (χ3v) is 4.87. The highest BCUT2D eigenvalue weighted by Crippen LogP contribution is 2.32. The summed E-state index contributed by atoms with van der Waals surface area (Å²) in [6.45, 7) is 2.07. The second-order valence-electron chi connectivity index (χ2n) is 7.04. The number of pyridine rings is 1. The van der Waals surface area contributed by atoms with Gasteiger partial charge in [0.25, 0.3) is 0 Å². The minimum Gasteiger partial charge on any atom is -0.450 e. The van der Waals surface area contributed by atoms with E-state index < -0.39 is 12.3 Å². The normalized spacial score (nSPS) is 16.1. The number of halogens is 1. The smallest absolute Gasteiger partial charge is 0.450 e. The van der Waals surface area contributed by atoms with E-state index in [1.54, 1.807) is 25.4 Å². The highest BCUT2D eigenvalue weighted by Gasteiger charge is 2.29. The average Bonchev–Trinajstić information content (AvgIpc) is 3.51. The molecule has 4 heterocycles. The number of rotatable bonds is 6. The van der Waals surface area contributed by atoms with E-state index in [1.807, 2.05) is 22.9 Å². The first-order valence-electron chi connectivity index (χ1n) is 10.7. The molecule has 36 heavy (non-hydrogen) atoms. The van der Waals surface area contributed by atoms with Gasteiger partial charge in [-0.1, -0.05) is 6.07 Å². The van der Waals surface area contributed by atoms with Crippen LogP contribution in [0.3, 0.4) is 0 Å². The zero-order valence-electron chi connectivity index (χ0n) is 19.4. The summed E-state index contributed by atoms with van der Waals surface area (Å²) in [5.41, 5.74) is 7.28. The van der Waals surface area contributed by atoms with Crippen LogP contribution < -0.4 is 5.73 Å². The maximum Gasteiger partial charge on any atom is 0.508 e. The molecule has 0 bridgehead atoms. The number of terminal acetylenes is 1. The summed E-state index contributed by atoms with van der Waals surface area (Å²) in [4.78, 5) is 33.3. The zero-order chi connectivity index (χ0) is 26.5. The summed E-state index contributed by atoms with van der Waals surface area (Å²) in [7, 11) is 0. The van der Waals surface area contributed by atoms with Crippen LogP contribution >= 0.6 is 11.6 Å². The van der Waals surface area contributed by atoms with Gasteiger partial charge >= 0.3 is 12.3 Å². The van der Waals surface area contributed by atoms with Gasteiger partial charge in [-0.15, -0.1) is 12.8 Å². The minimum atomic E-state index is -1.21. The van der Waals surface area contributed by atoms with Crippen molar-refractivity contribution >= 4 is 40.8 Å². The first-order chi connectivity index (χ1) is 17.4. The Morgan fingerprint density at radius 3 is 2.67 bits per heavy atom. The Balaban J connectivity index is 0.000000502. The summed E-state index contributed by atoms with van der Waals surface area (Å²) < 4.78 is 22.0. The van der Waals surface area contributed by atoms with Crippen molar-refractivity contribution in [2.45, 2.75) is 38.7 Å². The molecule has 4 rings (SSSR count). The number of carbonyl (C=O) groups excluding carboxylic acids is 1. The van der Waals surface area contributed by atoms with Crippen LogP contribution in [-0.2, 0) is 25.6 Å². The van der Waals surface area contributed by atoms with Gasteiger partial charge in [-0.2, -0.15) is 4.98 Å². The third-order valence-electron chi connectivity index (χ3n) is 4.70. The van der Waals surface area contributed by atoms with Gasteiger partial charge in [0, 0.05) is 24.2 Å². The highest BCUT2D eigenvalue weighted by molar-refractivity contribution is 6.28. The molecule has 12 nitrogen and oxygen atoms in total. The molecule has 0 aromatic carbocycles. The lowest BCUT2D eigenvalue weighted by Gasteiger charge is -2.16. The van der Waals surface area contributed by atoms with E-state index in [0.29, 0.717) is 16.9 Å². The summed E-state index contributed by atoms with van der Waals surface area (Å²) in [6, 6.07) is 5.41. The Hall–Kier alpha value is -4.08. The first kappa shape index (κ1) is 28.2. The topological polar surface area (TPSA) is 161 Å². The van der Waals surface area contributed by atoms with E-state index in [1.165, 1.54) is 0 Å². The number of nitrogens with zero attached hydrogens (tertiary/aromatic N) is 4. The molecule has 0 spiro atoms. The molecule has 1 aliphatic heterocycles. The molecule has 3 aromatic heterocycles. The van der Waals surface area contributed by atoms with Gasteiger partial charge in [0.05, 0.1) is 18.1 Å². The van der Waals surface area contributed by atoms with Crippen molar-refractivity contribution in [1.82, 2.24) is 19.5 Å². The quantitative estimate of drug-likeness (QED) is 0.274. The third kappa shape index (κ3) is 8.30. The lowest BCUT2D eigenvalue weighted by atomic mass is 10.2. The summed E-state index contributed by atoms with van der Waals surface area (Å²) in [5.74, 6) is 0.322. The van der Waals surface area contributed by atoms with Gasteiger partial charge in [0.1, 0.15) is 30.9 Å². The molecule has 3 N–H and O–H groups in total. The van der Waals surface area contributed by atoms with Crippen LogP contribution in [-0.4, -0.2) is 56.3 Å². The molecule has 13 heteroatoms. The minimum absolute atomic E-state index is 0.0826. The highest BCUT2D eigenvalue weighted by atomic mass is 35.5. The Morgan fingerprint density at radius 2 is 2.03 bits per heavy atom. The van der Waals surface area contributed by atoms with Gasteiger partial charge in [0.15, 0.2) is 0 Å². The van der Waals surface area contributed by atoms with Crippen molar-refractivity contribution in [3.05, 3.63) is 47.6 Å². The van der Waals surface area contributed by atoms with E-state index in [-0.39, 0.29) is 37.4 Å². The van der Waals surface area contributed by atoms with Crippen LogP contribution in [0.15, 0.2) is 36.8 Å². The number of hydrogen-bond acceptors (Lipinski definition) is 10. The molecule has 0 radical (unpaired) electrons. The van der Waals surface area contributed by atoms with Crippen molar-refractivity contribution in [2.75, 3.05) is 18.9 Å². The second kappa shape index (κ2) is 14.3. The summed E-state index contributed by atoms with van der Waals surface area (Å²) in [6.07, 6.45) is 12.2. The lowest BCUT2D eigenvalue weighted by molar-refractivity contribution is -0.0379. The van der Waals surface area contributed by atoms with Crippen LogP contribution in [0, 0.1) is 12.8 Å². The Kier molecular flexibility index (Phi) is 11.2. The molecule has 2 atom stereocenters. The number of nitrogens with two attached hydrogens (primary N) is 1. The number of carbonyl (C=O) groups is 2.